The average Bonchev–Trinajstić information content (AvgIpc) is 3.25. The van der Waals surface area contributed by atoms with Crippen LogP contribution in [0.5, 0.6) is 0 Å². The van der Waals surface area contributed by atoms with Crippen LogP contribution < -0.4 is 5.32 Å². The van der Waals surface area contributed by atoms with Gasteiger partial charge in [-0.3, -0.25) is 9.59 Å². The molecule has 1 aliphatic carbocycles. The molecule has 1 aliphatic heterocycles. The first-order chi connectivity index (χ1) is 12.2. The van der Waals surface area contributed by atoms with Crippen molar-refractivity contribution in [2.45, 2.75) is 38.3 Å². The van der Waals surface area contributed by atoms with Gasteiger partial charge in [-0.2, -0.15) is 4.98 Å². The number of aromatic nitrogens is 2. The lowest BCUT2D eigenvalue weighted by Crippen LogP contribution is -2.33. The maximum absolute atomic E-state index is 12.3. The number of likely N-dealkylation sites (tertiary alicyclic amines) is 1. The van der Waals surface area contributed by atoms with E-state index in [1.54, 1.807) is 0 Å². The number of amides is 2. The Labute approximate surface area is 145 Å². The van der Waals surface area contributed by atoms with E-state index in [4.69, 9.17) is 4.52 Å². The second-order valence-electron chi connectivity index (χ2n) is 6.66. The Bertz CT molecular complexity index is 770. The molecule has 0 radical (unpaired) electrons. The van der Waals surface area contributed by atoms with Gasteiger partial charge in [0.15, 0.2) is 5.82 Å². The zero-order valence-corrected chi connectivity index (χ0v) is 13.9. The molecule has 1 aromatic carbocycles. The third-order valence-corrected chi connectivity index (χ3v) is 4.65. The molecule has 130 valence electrons. The highest BCUT2D eigenvalue weighted by Crippen LogP contribution is 2.32. The van der Waals surface area contributed by atoms with Crippen LogP contribution in [-0.2, 0) is 22.6 Å². The Balaban J connectivity index is 1.28. The second-order valence-corrected chi connectivity index (χ2v) is 6.66. The molecule has 2 aromatic rings. The molecule has 4 rings (SSSR count). The van der Waals surface area contributed by atoms with E-state index in [0.717, 1.165) is 18.4 Å². The first-order valence-corrected chi connectivity index (χ1v) is 8.61. The van der Waals surface area contributed by atoms with Crippen molar-refractivity contribution in [1.82, 2.24) is 20.4 Å². The molecule has 2 aliphatic rings. The molecule has 1 atom stereocenters. The van der Waals surface area contributed by atoms with E-state index in [1.807, 2.05) is 35.2 Å². The molecule has 0 spiro atoms. The average molecular weight is 340 g/mol. The van der Waals surface area contributed by atoms with E-state index in [9.17, 15) is 9.59 Å². The minimum absolute atomic E-state index is 0.0901. The van der Waals surface area contributed by atoms with Crippen molar-refractivity contribution in [3.8, 4) is 0 Å². The molecule has 1 saturated heterocycles. The predicted octanol–water partition coefficient (Wildman–Crippen LogP) is 1.29. The maximum atomic E-state index is 12.3. The van der Waals surface area contributed by atoms with E-state index in [0.29, 0.717) is 37.1 Å². The van der Waals surface area contributed by atoms with Gasteiger partial charge >= 0.3 is 0 Å². The number of nitrogens with one attached hydrogen (secondary N) is 1. The third kappa shape index (κ3) is 3.70. The van der Waals surface area contributed by atoms with Crippen LogP contribution in [0.15, 0.2) is 34.9 Å². The highest BCUT2D eigenvalue weighted by atomic mass is 16.5. The highest BCUT2D eigenvalue weighted by Gasteiger charge is 2.41. The Kier molecular flexibility index (Phi) is 4.21. The standard InChI is InChI=1S/C18H20N4O3/c23-17-9-13(11-22(17)14-6-7-14)18(24)19-10-15-20-16(25-21-15)8-12-4-2-1-3-5-12/h1-5,13-14H,6-11H2,(H,19,24)/t13-/m0/s1. The summed E-state index contributed by atoms with van der Waals surface area (Å²) in [5.74, 6) is 0.663. The molecule has 7 nitrogen and oxygen atoms in total. The minimum Gasteiger partial charge on any atom is -0.348 e. The Morgan fingerprint density at radius 1 is 1.28 bits per heavy atom. The van der Waals surface area contributed by atoms with Gasteiger partial charge in [0.25, 0.3) is 0 Å². The van der Waals surface area contributed by atoms with E-state index in [1.165, 1.54) is 0 Å². The van der Waals surface area contributed by atoms with E-state index in [-0.39, 0.29) is 24.3 Å². The molecule has 25 heavy (non-hydrogen) atoms. The molecule has 0 bridgehead atoms. The molecule has 2 amide bonds. The van der Waals surface area contributed by atoms with Gasteiger partial charge in [-0.25, -0.2) is 0 Å². The molecular weight excluding hydrogens is 320 g/mol. The normalized spacial score (nSPS) is 20.1. The van der Waals surface area contributed by atoms with Crippen LogP contribution in [0.1, 0.15) is 36.5 Å². The van der Waals surface area contributed by atoms with Crippen LogP contribution in [0.2, 0.25) is 0 Å². The van der Waals surface area contributed by atoms with Crippen LogP contribution in [-0.4, -0.2) is 39.4 Å². The largest absolute Gasteiger partial charge is 0.348 e. The van der Waals surface area contributed by atoms with Gasteiger partial charge in [-0.15, -0.1) is 0 Å². The zero-order valence-electron chi connectivity index (χ0n) is 13.9. The number of carbonyl (C=O) groups is 2. The lowest BCUT2D eigenvalue weighted by Gasteiger charge is -2.14. The first kappa shape index (κ1) is 15.8. The summed E-state index contributed by atoms with van der Waals surface area (Å²) in [4.78, 5) is 30.3. The number of carbonyl (C=O) groups excluding carboxylic acids is 2. The highest BCUT2D eigenvalue weighted by molar-refractivity contribution is 5.89. The number of hydrogen-bond donors (Lipinski definition) is 1. The topological polar surface area (TPSA) is 88.3 Å². The fraction of sp³-hybridized carbons (Fsp3) is 0.444. The molecule has 1 saturated carbocycles. The first-order valence-electron chi connectivity index (χ1n) is 8.61. The van der Waals surface area contributed by atoms with Gasteiger partial charge in [-0.05, 0) is 18.4 Å². The zero-order chi connectivity index (χ0) is 17.2. The molecule has 1 N–H and O–H groups in total. The maximum Gasteiger partial charge on any atom is 0.231 e. The molecule has 1 aromatic heterocycles. The summed E-state index contributed by atoms with van der Waals surface area (Å²) in [6.45, 7) is 0.742. The van der Waals surface area contributed by atoms with E-state index in [2.05, 4.69) is 15.5 Å². The van der Waals surface area contributed by atoms with Gasteiger partial charge in [0, 0.05) is 19.0 Å². The lowest BCUT2D eigenvalue weighted by molar-refractivity contribution is -0.129. The lowest BCUT2D eigenvalue weighted by atomic mass is 10.1. The van der Waals surface area contributed by atoms with E-state index < -0.39 is 0 Å². The third-order valence-electron chi connectivity index (χ3n) is 4.65. The van der Waals surface area contributed by atoms with Crippen LogP contribution >= 0.6 is 0 Å². The molecular formula is C18H20N4O3. The van der Waals surface area contributed by atoms with Gasteiger partial charge in [0.1, 0.15) is 0 Å². The summed E-state index contributed by atoms with van der Waals surface area (Å²) in [5, 5.41) is 6.72. The second kappa shape index (κ2) is 6.66. The molecule has 2 fully saturated rings. The summed E-state index contributed by atoms with van der Waals surface area (Å²) < 4.78 is 5.23. The Hall–Kier alpha value is -2.70. The number of hydrogen-bond acceptors (Lipinski definition) is 5. The van der Waals surface area contributed by atoms with E-state index >= 15 is 0 Å². The van der Waals surface area contributed by atoms with Crippen LogP contribution in [0.4, 0.5) is 0 Å². The van der Waals surface area contributed by atoms with Crippen LogP contribution in [0.3, 0.4) is 0 Å². The SMILES string of the molecule is O=C(NCc1noc(Cc2ccccc2)n1)[C@H]1CC(=O)N(C2CC2)C1. The van der Waals surface area contributed by atoms with Crippen molar-refractivity contribution in [2.75, 3.05) is 6.54 Å². The van der Waals surface area contributed by atoms with Crippen LogP contribution in [0.25, 0.3) is 0 Å². The van der Waals surface area contributed by atoms with Crippen molar-refractivity contribution < 1.29 is 14.1 Å². The summed E-state index contributed by atoms with van der Waals surface area (Å²) in [5.41, 5.74) is 1.09. The van der Waals surface area contributed by atoms with Crippen molar-refractivity contribution >= 4 is 11.8 Å². The van der Waals surface area contributed by atoms with Crippen molar-refractivity contribution in [3.05, 3.63) is 47.6 Å². The summed E-state index contributed by atoms with van der Waals surface area (Å²) >= 11 is 0. The predicted molar refractivity (Wildman–Crippen MR) is 88.2 cm³/mol. The quantitative estimate of drug-likeness (QED) is 0.856. The van der Waals surface area contributed by atoms with Crippen molar-refractivity contribution in [3.63, 3.8) is 0 Å². The summed E-state index contributed by atoms with van der Waals surface area (Å²) in [6.07, 6.45) is 2.99. The summed E-state index contributed by atoms with van der Waals surface area (Å²) in [6, 6.07) is 10.2. The van der Waals surface area contributed by atoms with Gasteiger partial charge in [0.05, 0.1) is 18.9 Å². The Morgan fingerprint density at radius 2 is 2.08 bits per heavy atom. The fourth-order valence-electron chi connectivity index (χ4n) is 3.16. The molecule has 0 unspecified atom stereocenters. The number of rotatable bonds is 6. The van der Waals surface area contributed by atoms with Gasteiger partial charge in [0.2, 0.25) is 17.7 Å². The molecule has 7 heteroatoms. The Morgan fingerprint density at radius 3 is 2.84 bits per heavy atom. The minimum atomic E-state index is -0.274. The fourth-order valence-corrected chi connectivity index (χ4v) is 3.16. The smallest absolute Gasteiger partial charge is 0.231 e. The number of benzene rings is 1. The van der Waals surface area contributed by atoms with Crippen LogP contribution in [0, 0.1) is 5.92 Å². The summed E-state index contributed by atoms with van der Waals surface area (Å²) in [7, 11) is 0. The van der Waals surface area contributed by atoms with Gasteiger partial charge in [-0.1, -0.05) is 35.5 Å². The van der Waals surface area contributed by atoms with Crippen molar-refractivity contribution in [1.29, 1.82) is 0 Å². The molecule has 2 heterocycles. The monoisotopic (exact) mass is 340 g/mol. The van der Waals surface area contributed by atoms with Crippen molar-refractivity contribution in [2.24, 2.45) is 5.92 Å². The van der Waals surface area contributed by atoms with Gasteiger partial charge < -0.3 is 14.7 Å². The number of nitrogens with zero attached hydrogens (tertiary/aromatic N) is 3.